The predicted molar refractivity (Wildman–Crippen MR) is 141 cm³/mol. The van der Waals surface area contributed by atoms with E-state index in [0.717, 1.165) is 43.2 Å². The van der Waals surface area contributed by atoms with Gasteiger partial charge in [0.1, 0.15) is 12.0 Å². The van der Waals surface area contributed by atoms with Crippen LogP contribution in [-0.2, 0) is 14.4 Å². The molecule has 228 valence electrons. The van der Waals surface area contributed by atoms with E-state index in [2.05, 4.69) is 16.0 Å². The zero-order valence-corrected chi connectivity index (χ0v) is 23.1. The lowest BCUT2D eigenvalue weighted by Crippen LogP contribution is -2.62. The number of carboxylic acid groups (broad SMARTS) is 1. The van der Waals surface area contributed by atoms with Gasteiger partial charge < -0.3 is 35.3 Å². The minimum Gasteiger partial charge on any atom is -0.542 e. The average Bonchev–Trinajstić information content (AvgIpc) is 3.65. The highest BCUT2D eigenvalue weighted by atomic mass is 19.4. The molecular formula is C29H35F3N4O6. The van der Waals surface area contributed by atoms with Gasteiger partial charge in [-0.15, -0.1) is 0 Å². The van der Waals surface area contributed by atoms with Crippen molar-refractivity contribution >= 4 is 17.8 Å². The zero-order chi connectivity index (χ0) is 30.3. The van der Waals surface area contributed by atoms with Crippen LogP contribution >= 0.6 is 0 Å². The molecule has 2 atom stereocenters. The van der Waals surface area contributed by atoms with Gasteiger partial charge in [0.05, 0.1) is 6.04 Å². The monoisotopic (exact) mass is 592 g/mol. The fourth-order valence-electron chi connectivity index (χ4n) is 5.57. The number of quaternary nitrogens is 1. The van der Waals surface area contributed by atoms with Crippen LogP contribution in [0.25, 0.3) is 0 Å². The Labute approximate surface area is 241 Å². The Morgan fingerprint density at radius 2 is 1.79 bits per heavy atom. The van der Waals surface area contributed by atoms with Gasteiger partial charge in [0, 0.05) is 37.8 Å². The molecule has 1 aromatic heterocycles. The van der Waals surface area contributed by atoms with Crippen LogP contribution < -0.4 is 25.6 Å². The van der Waals surface area contributed by atoms with E-state index in [9.17, 15) is 22.8 Å². The van der Waals surface area contributed by atoms with Crippen molar-refractivity contribution in [1.82, 2.24) is 15.2 Å². The number of fused-ring (bicyclic) bond motifs is 1. The molecule has 4 N–H and O–H groups in total. The van der Waals surface area contributed by atoms with Crippen LogP contribution in [0.5, 0.6) is 11.5 Å². The number of hydrogen-bond donors (Lipinski definition) is 2. The number of carboxylic acids is 1. The van der Waals surface area contributed by atoms with Gasteiger partial charge >= 0.3 is 6.18 Å². The number of ether oxygens (including phenoxy) is 2. The molecule has 0 spiro atoms. The molecule has 2 fully saturated rings. The average molecular weight is 593 g/mol. The number of amides is 2. The summed E-state index contributed by atoms with van der Waals surface area (Å²) in [4.78, 5) is 41.5. The van der Waals surface area contributed by atoms with Crippen molar-refractivity contribution in [2.24, 2.45) is 5.92 Å². The SMILES string of the molecule is O=C([O-])C(F)(F)F.[NH3+]C1CCC(CNC(=O)[C@@H]2CCCN2C(=O)C[C@@H](c2cccnc2)c2ccc3c(c2)OCO3)CC1. The molecular weight excluding hydrogens is 557 g/mol. The van der Waals surface area contributed by atoms with E-state index in [4.69, 9.17) is 19.4 Å². The summed E-state index contributed by atoms with van der Waals surface area (Å²) in [5.74, 6) is -1.30. The Hall–Kier alpha value is -3.87. The molecule has 1 saturated carbocycles. The fraction of sp³-hybridized carbons (Fsp3) is 0.517. The Kier molecular flexibility index (Phi) is 10.3. The highest BCUT2D eigenvalue weighted by Gasteiger charge is 2.36. The second-order valence-electron chi connectivity index (χ2n) is 10.8. The summed E-state index contributed by atoms with van der Waals surface area (Å²) < 4.78 is 42.6. The lowest BCUT2D eigenvalue weighted by Gasteiger charge is -2.28. The number of nitrogens with one attached hydrogen (secondary N) is 1. The molecule has 10 nitrogen and oxygen atoms in total. The number of likely N-dealkylation sites (tertiary alicyclic amines) is 1. The summed E-state index contributed by atoms with van der Waals surface area (Å²) in [5.41, 5.74) is 6.08. The summed E-state index contributed by atoms with van der Waals surface area (Å²) >= 11 is 0. The Bertz CT molecular complexity index is 1240. The highest BCUT2D eigenvalue weighted by Crippen LogP contribution is 2.38. The maximum absolute atomic E-state index is 13.6. The molecule has 2 amide bonds. The maximum Gasteiger partial charge on any atom is 0.430 e. The summed E-state index contributed by atoms with van der Waals surface area (Å²) in [7, 11) is 0. The first-order chi connectivity index (χ1) is 20.0. The summed E-state index contributed by atoms with van der Waals surface area (Å²) in [6.07, 6.45) is 4.65. The topological polar surface area (TPSA) is 149 Å². The predicted octanol–water partition coefficient (Wildman–Crippen LogP) is 1.54. The second-order valence-corrected chi connectivity index (χ2v) is 10.8. The van der Waals surface area contributed by atoms with Crippen LogP contribution in [0.1, 0.15) is 62.0 Å². The van der Waals surface area contributed by atoms with Gasteiger partial charge in [0.25, 0.3) is 0 Å². The van der Waals surface area contributed by atoms with Crippen LogP contribution in [0, 0.1) is 5.92 Å². The number of carbonyl (C=O) groups is 3. The molecule has 2 aliphatic heterocycles. The van der Waals surface area contributed by atoms with Crippen LogP contribution in [0.2, 0.25) is 0 Å². The number of aromatic nitrogens is 1. The molecule has 2 aromatic rings. The quantitative estimate of drug-likeness (QED) is 0.496. The molecule has 1 aromatic carbocycles. The Morgan fingerprint density at radius 1 is 1.07 bits per heavy atom. The maximum atomic E-state index is 13.6. The second kappa shape index (κ2) is 13.9. The molecule has 5 rings (SSSR count). The van der Waals surface area contributed by atoms with E-state index < -0.39 is 18.2 Å². The molecule has 0 bridgehead atoms. The summed E-state index contributed by atoms with van der Waals surface area (Å²) in [5, 5.41) is 11.9. The van der Waals surface area contributed by atoms with Gasteiger partial charge in [-0.1, -0.05) is 12.1 Å². The van der Waals surface area contributed by atoms with Gasteiger partial charge in [-0.2, -0.15) is 13.2 Å². The molecule has 42 heavy (non-hydrogen) atoms. The van der Waals surface area contributed by atoms with E-state index >= 15 is 0 Å². The molecule has 3 heterocycles. The number of halogens is 3. The fourth-order valence-corrected chi connectivity index (χ4v) is 5.57. The molecule has 1 aliphatic carbocycles. The van der Waals surface area contributed by atoms with Crippen molar-refractivity contribution in [1.29, 1.82) is 0 Å². The van der Waals surface area contributed by atoms with Crippen LogP contribution in [0.15, 0.2) is 42.7 Å². The smallest absolute Gasteiger partial charge is 0.430 e. The van der Waals surface area contributed by atoms with E-state index in [-0.39, 0.29) is 30.9 Å². The summed E-state index contributed by atoms with van der Waals surface area (Å²) in [6.45, 7) is 1.51. The van der Waals surface area contributed by atoms with Crippen molar-refractivity contribution in [3.05, 3.63) is 53.9 Å². The number of alkyl halides is 3. The molecule has 13 heteroatoms. The number of aliphatic carboxylic acids is 1. The van der Waals surface area contributed by atoms with Crippen molar-refractivity contribution in [3.63, 3.8) is 0 Å². The minimum atomic E-state index is -5.19. The first-order valence-electron chi connectivity index (χ1n) is 14.0. The lowest BCUT2D eigenvalue weighted by molar-refractivity contribution is -0.426. The first kappa shape index (κ1) is 31.1. The van der Waals surface area contributed by atoms with Crippen molar-refractivity contribution in [3.8, 4) is 11.5 Å². The van der Waals surface area contributed by atoms with Crippen molar-refractivity contribution in [2.45, 2.75) is 69.1 Å². The molecule has 0 unspecified atom stereocenters. The number of nitrogens with zero attached hydrogens (tertiary/aromatic N) is 2. The van der Waals surface area contributed by atoms with E-state index in [1.54, 1.807) is 17.3 Å². The van der Waals surface area contributed by atoms with Gasteiger partial charge in [0.2, 0.25) is 18.6 Å². The standard InChI is InChI=1S/C27H34N4O4.C2HF3O2/c28-21-8-5-18(6-9-21)15-30-27(33)23-4-2-12-31(23)26(32)14-22(20-3-1-11-29-16-20)19-7-10-24-25(13-19)35-17-34-24;3-2(4,5)1(6)7/h1,3,7,10-11,13,16,18,21-23H,2,4-6,8-9,12,14-15,17,28H2,(H,30,33);(H,6,7)/t18?,21?,22-,23+;/m1./s1. The van der Waals surface area contributed by atoms with Crippen LogP contribution in [0.3, 0.4) is 0 Å². The third-order valence-electron chi connectivity index (χ3n) is 7.90. The Morgan fingerprint density at radius 3 is 2.45 bits per heavy atom. The zero-order valence-electron chi connectivity index (χ0n) is 23.1. The van der Waals surface area contributed by atoms with Gasteiger partial charge in [0.15, 0.2) is 11.5 Å². The summed E-state index contributed by atoms with van der Waals surface area (Å²) in [6, 6.07) is 9.84. The lowest BCUT2D eigenvalue weighted by atomic mass is 9.86. The van der Waals surface area contributed by atoms with Gasteiger partial charge in [-0.3, -0.25) is 14.6 Å². The number of hydrogen-bond acceptors (Lipinski definition) is 7. The third-order valence-corrected chi connectivity index (χ3v) is 7.90. The van der Waals surface area contributed by atoms with Gasteiger partial charge in [-0.05, 0) is 73.8 Å². The Balaban J connectivity index is 0.000000517. The molecule has 1 saturated heterocycles. The number of benzene rings is 1. The molecule has 3 aliphatic rings. The van der Waals surface area contributed by atoms with Crippen molar-refractivity contribution < 1.29 is 47.9 Å². The van der Waals surface area contributed by atoms with Gasteiger partial charge in [-0.25, -0.2) is 0 Å². The third kappa shape index (κ3) is 8.11. The molecule has 0 radical (unpaired) electrons. The highest BCUT2D eigenvalue weighted by molar-refractivity contribution is 5.88. The normalized spacial score (nSPS) is 22.1. The van der Waals surface area contributed by atoms with Crippen molar-refractivity contribution in [2.75, 3.05) is 19.9 Å². The largest absolute Gasteiger partial charge is 0.542 e. The van der Waals surface area contributed by atoms with E-state index in [0.29, 0.717) is 43.0 Å². The first-order valence-corrected chi connectivity index (χ1v) is 14.0. The number of pyridine rings is 1. The van der Waals surface area contributed by atoms with Crippen LogP contribution in [-0.4, -0.2) is 65.8 Å². The minimum absolute atomic E-state index is 0.00765. The number of carbonyl (C=O) groups excluding carboxylic acids is 3. The van der Waals surface area contributed by atoms with E-state index in [1.165, 1.54) is 0 Å². The van der Waals surface area contributed by atoms with E-state index in [1.807, 2.05) is 30.3 Å². The van der Waals surface area contributed by atoms with Crippen LogP contribution in [0.4, 0.5) is 13.2 Å². The number of rotatable bonds is 7.